The summed E-state index contributed by atoms with van der Waals surface area (Å²) in [5, 5.41) is 0.558. The first-order valence-electron chi connectivity index (χ1n) is 7.05. The van der Waals surface area contributed by atoms with Crippen molar-refractivity contribution in [3.05, 3.63) is 53.1 Å². The van der Waals surface area contributed by atoms with Gasteiger partial charge in [-0.3, -0.25) is 0 Å². The molecular weight excluding hydrogens is 307 g/mol. The van der Waals surface area contributed by atoms with Crippen LogP contribution in [0.2, 0.25) is 5.02 Å². The third kappa shape index (κ3) is 4.81. The molecule has 0 atom stereocenters. The molecule has 2 aromatic carbocycles. The van der Waals surface area contributed by atoms with Crippen molar-refractivity contribution in [1.29, 1.82) is 0 Å². The molecule has 0 N–H and O–H groups in total. The van der Waals surface area contributed by atoms with Gasteiger partial charge in [-0.05, 0) is 36.8 Å². The molecule has 0 heterocycles. The van der Waals surface area contributed by atoms with Gasteiger partial charge in [-0.15, -0.1) is 0 Å². The predicted molar refractivity (Wildman–Crippen MR) is 84.9 cm³/mol. The Kier molecular flexibility index (Phi) is 6.34. The Hall–Kier alpha value is -1.94. The SMILES string of the molecule is CCOc1ccc(COc2cccc(OCCF)c2)cc1Cl. The summed E-state index contributed by atoms with van der Waals surface area (Å²) in [5.74, 6) is 1.90. The highest BCUT2D eigenvalue weighted by molar-refractivity contribution is 6.32. The second-order valence-corrected chi connectivity index (χ2v) is 4.91. The zero-order chi connectivity index (χ0) is 15.8. The molecule has 0 aliphatic heterocycles. The lowest BCUT2D eigenvalue weighted by Crippen LogP contribution is -2.00. The van der Waals surface area contributed by atoms with Gasteiger partial charge < -0.3 is 14.2 Å². The van der Waals surface area contributed by atoms with E-state index in [9.17, 15) is 4.39 Å². The van der Waals surface area contributed by atoms with Crippen molar-refractivity contribution >= 4 is 11.6 Å². The van der Waals surface area contributed by atoms with Crippen LogP contribution in [-0.2, 0) is 6.61 Å². The van der Waals surface area contributed by atoms with Crippen molar-refractivity contribution < 1.29 is 18.6 Å². The number of halogens is 2. The summed E-state index contributed by atoms with van der Waals surface area (Å²) in [4.78, 5) is 0. The number of benzene rings is 2. The Morgan fingerprint density at radius 1 is 1.00 bits per heavy atom. The minimum Gasteiger partial charge on any atom is -0.492 e. The molecule has 0 radical (unpaired) electrons. The maximum atomic E-state index is 12.1. The molecule has 0 bridgehead atoms. The van der Waals surface area contributed by atoms with Crippen molar-refractivity contribution in [2.45, 2.75) is 13.5 Å². The van der Waals surface area contributed by atoms with Gasteiger partial charge >= 0.3 is 0 Å². The maximum absolute atomic E-state index is 12.1. The molecule has 0 aliphatic rings. The lowest BCUT2D eigenvalue weighted by atomic mass is 10.2. The number of hydrogen-bond acceptors (Lipinski definition) is 3. The minimum absolute atomic E-state index is 0.0396. The van der Waals surface area contributed by atoms with Crippen LogP contribution in [-0.4, -0.2) is 19.9 Å². The molecule has 5 heteroatoms. The maximum Gasteiger partial charge on any atom is 0.137 e. The molecule has 0 aromatic heterocycles. The summed E-state index contributed by atoms with van der Waals surface area (Å²) in [7, 11) is 0. The lowest BCUT2D eigenvalue weighted by molar-refractivity contribution is 0.268. The normalized spacial score (nSPS) is 10.3. The van der Waals surface area contributed by atoms with E-state index < -0.39 is 6.67 Å². The standard InChI is InChI=1S/C17H18ClFO3/c1-2-20-17-7-6-13(10-16(17)18)12-22-15-5-3-4-14(11-15)21-9-8-19/h3-7,10-11H,2,8-9,12H2,1H3. The largest absolute Gasteiger partial charge is 0.492 e. The zero-order valence-corrected chi connectivity index (χ0v) is 13.1. The molecule has 118 valence electrons. The predicted octanol–water partition coefficient (Wildman–Crippen LogP) is 4.67. The summed E-state index contributed by atoms with van der Waals surface area (Å²) in [6, 6.07) is 12.6. The fourth-order valence-electron chi connectivity index (χ4n) is 1.88. The molecule has 0 spiro atoms. The van der Waals surface area contributed by atoms with Gasteiger partial charge in [0.05, 0.1) is 11.6 Å². The lowest BCUT2D eigenvalue weighted by Gasteiger charge is -2.10. The molecule has 0 saturated heterocycles. The van der Waals surface area contributed by atoms with Gasteiger partial charge in [0.15, 0.2) is 0 Å². The fraction of sp³-hybridized carbons (Fsp3) is 0.294. The number of ether oxygens (including phenoxy) is 3. The van der Waals surface area contributed by atoms with Crippen LogP contribution in [0, 0.1) is 0 Å². The smallest absolute Gasteiger partial charge is 0.137 e. The van der Waals surface area contributed by atoms with Crippen molar-refractivity contribution in [2.24, 2.45) is 0 Å². The van der Waals surface area contributed by atoms with Crippen LogP contribution in [0.5, 0.6) is 17.2 Å². The number of hydrogen-bond donors (Lipinski definition) is 0. The van der Waals surface area contributed by atoms with E-state index in [4.69, 9.17) is 25.8 Å². The number of alkyl halides is 1. The molecule has 0 saturated carbocycles. The van der Waals surface area contributed by atoms with Crippen molar-refractivity contribution in [3.8, 4) is 17.2 Å². The van der Waals surface area contributed by atoms with Crippen LogP contribution in [0.4, 0.5) is 4.39 Å². The Balaban J connectivity index is 1.96. The van der Waals surface area contributed by atoms with Crippen LogP contribution in [0.3, 0.4) is 0 Å². The van der Waals surface area contributed by atoms with Gasteiger partial charge in [0, 0.05) is 6.07 Å². The molecule has 22 heavy (non-hydrogen) atoms. The summed E-state index contributed by atoms with van der Waals surface area (Å²) in [6.07, 6.45) is 0. The quantitative estimate of drug-likeness (QED) is 0.706. The Morgan fingerprint density at radius 3 is 2.45 bits per heavy atom. The fourth-order valence-corrected chi connectivity index (χ4v) is 2.14. The first-order valence-corrected chi connectivity index (χ1v) is 7.43. The molecular formula is C17H18ClFO3. The Labute approximate surface area is 134 Å². The Bertz CT molecular complexity index is 604. The van der Waals surface area contributed by atoms with Crippen molar-refractivity contribution in [1.82, 2.24) is 0 Å². The zero-order valence-electron chi connectivity index (χ0n) is 12.4. The van der Waals surface area contributed by atoms with Gasteiger partial charge in [0.2, 0.25) is 0 Å². The highest BCUT2D eigenvalue weighted by Crippen LogP contribution is 2.26. The third-order valence-corrected chi connectivity index (χ3v) is 3.15. The second-order valence-electron chi connectivity index (χ2n) is 4.50. The highest BCUT2D eigenvalue weighted by atomic mass is 35.5. The van der Waals surface area contributed by atoms with Gasteiger partial charge in [0.1, 0.15) is 37.1 Å². The Morgan fingerprint density at radius 2 is 1.77 bits per heavy atom. The molecule has 0 amide bonds. The van der Waals surface area contributed by atoms with E-state index in [0.717, 1.165) is 5.56 Å². The topological polar surface area (TPSA) is 27.7 Å². The number of rotatable bonds is 8. The van der Waals surface area contributed by atoms with Crippen LogP contribution in [0.15, 0.2) is 42.5 Å². The molecule has 2 aromatic rings. The first-order chi connectivity index (χ1) is 10.7. The molecule has 0 fully saturated rings. The average Bonchev–Trinajstić information content (AvgIpc) is 2.54. The third-order valence-electron chi connectivity index (χ3n) is 2.85. The van der Waals surface area contributed by atoms with E-state index in [1.54, 1.807) is 18.2 Å². The summed E-state index contributed by atoms with van der Waals surface area (Å²) in [6.45, 7) is 2.37. The monoisotopic (exact) mass is 324 g/mol. The summed E-state index contributed by atoms with van der Waals surface area (Å²) in [5.41, 5.74) is 0.934. The summed E-state index contributed by atoms with van der Waals surface area (Å²) < 4.78 is 28.4. The molecule has 3 nitrogen and oxygen atoms in total. The van der Waals surface area contributed by atoms with Crippen LogP contribution >= 0.6 is 11.6 Å². The molecule has 0 aliphatic carbocycles. The van der Waals surface area contributed by atoms with Crippen LogP contribution in [0.1, 0.15) is 12.5 Å². The highest BCUT2D eigenvalue weighted by Gasteiger charge is 2.04. The average molecular weight is 325 g/mol. The van der Waals surface area contributed by atoms with Crippen molar-refractivity contribution in [3.63, 3.8) is 0 Å². The first kappa shape index (κ1) is 16.4. The molecule has 0 unspecified atom stereocenters. The van der Waals surface area contributed by atoms with Gasteiger partial charge in [-0.1, -0.05) is 23.7 Å². The van der Waals surface area contributed by atoms with Crippen LogP contribution in [0.25, 0.3) is 0 Å². The van der Waals surface area contributed by atoms with Gasteiger partial charge in [-0.2, -0.15) is 0 Å². The van der Waals surface area contributed by atoms with E-state index in [1.807, 2.05) is 31.2 Å². The van der Waals surface area contributed by atoms with E-state index in [0.29, 0.717) is 35.5 Å². The van der Waals surface area contributed by atoms with Crippen molar-refractivity contribution in [2.75, 3.05) is 19.9 Å². The van der Waals surface area contributed by atoms with E-state index in [-0.39, 0.29) is 6.61 Å². The van der Waals surface area contributed by atoms with E-state index >= 15 is 0 Å². The van der Waals surface area contributed by atoms with Gasteiger partial charge in [-0.25, -0.2) is 4.39 Å². The van der Waals surface area contributed by atoms with Gasteiger partial charge in [0.25, 0.3) is 0 Å². The second kappa shape index (κ2) is 8.49. The van der Waals surface area contributed by atoms with E-state index in [1.165, 1.54) is 0 Å². The van der Waals surface area contributed by atoms with E-state index in [2.05, 4.69) is 0 Å². The summed E-state index contributed by atoms with van der Waals surface area (Å²) >= 11 is 6.14. The molecule has 2 rings (SSSR count). The van der Waals surface area contributed by atoms with Crippen LogP contribution < -0.4 is 14.2 Å². The minimum atomic E-state index is -0.518.